The molecule has 1 aromatic rings. The first-order chi connectivity index (χ1) is 10.7. The molecule has 0 radical (unpaired) electrons. The van der Waals surface area contributed by atoms with Crippen molar-refractivity contribution >= 4 is 11.9 Å². The van der Waals surface area contributed by atoms with E-state index in [-0.39, 0.29) is 17.9 Å². The van der Waals surface area contributed by atoms with E-state index in [0.717, 1.165) is 12.1 Å². The fourth-order valence-electron chi connectivity index (χ4n) is 2.62. The summed E-state index contributed by atoms with van der Waals surface area (Å²) < 4.78 is 42.7. The average Bonchev–Trinajstić information content (AvgIpc) is 2.51. The normalized spacial score (nSPS) is 19.1. The predicted octanol–water partition coefficient (Wildman–Crippen LogP) is 3.10. The van der Waals surface area contributed by atoms with Crippen molar-refractivity contribution in [3.63, 3.8) is 0 Å². The fraction of sp³-hybridized carbons (Fsp3) is 0.375. The van der Waals surface area contributed by atoms with E-state index in [9.17, 15) is 22.8 Å². The van der Waals surface area contributed by atoms with Crippen molar-refractivity contribution in [2.75, 3.05) is 14.2 Å². The van der Waals surface area contributed by atoms with Gasteiger partial charge in [0.15, 0.2) is 0 Å². The molecule has 23 heavy (non-hydrogen) atoms. The van der Waals surface area contributed by atoms with Crippen molar-refractivity contribution in [2.24, 2.45) is 0 Å². The van der Waals surface area contributed by atoms with Gasteiger partial charge in [-0.15, -0.1) is 0 Å². The van der Waals surface area contributed by atoms with Crippen LogP contribution in [0.5, 0.6) is 0 Å². The first kappa shape index (κ1) is 17.1. The maximum absolute atomic E-state index is 12.7. The number of ether oxygens (including phenoxy) is 1. The molecule has 0 spiro atoms. The van der Waals surface area contributed by atoms with Crippen LogP contribution < -0.4 is 0 Å². The van der Waals surface area contributed by atoms with Gasteiger partial charge in [0.2, 0.25) is 5.91 Å². The van der Waals surface area contributed by atoms with Gasteiger partial charge < -0.3 is 9.64 Å². The molecule has 1 aromatic carbocycles. The summed E-state index contributed by atoms with van der Waals surface area (Å²) in [5.41, 5.74) is 0.424. The molecule has 0 fully saturated rings. The van der Waals surface area contributed by atoms with Crippen LogP contribution in [-0.4, -0.2) is 30.9 Å². The Morgan fingerprint density at radius 2 is 1.83 bits per heavy atom. The molecule has 124 valence electrons. The summed E-state index contributed by atoms with van der Waals surface area (Å²) in [5, 5.41) is 0. The van der Waals surface area contributed by atoms with Crippen LogP contribution in [0.3, 0.4) is 0 Å². The predicted molar refractivity (Wildman–Crippen MR) is 76.3 cm³/mol. The molecule has 1 aliphatic heterocycles. The fourth-order valence-corrected chi connectivity index (χ4v) is 2.62. The standard InChI is InChI=1S/C16H16F3NO3/c1-9-14(15(22)23-3)12(8-13(21)20(9)2)10-4-6-11(7-5-10)16(17,18)19/h4-7,12H,8H2,1-3H3/t12-/m0/s1. The van der Waals surface area contributed by atoms with Crippen LogP contribution in [0.15, 0.2) is 35.5 Å². The van der Waals surface area contributed by atoms with Crippen molar-refractivity contribution in [3.05, 3.63) is 46.7 Å². The number of methoxy groups -OCH3 is 1. The molecule has 1 amide bonds. The zero-order valence-electron chi connectivity index (χ0n) is 12.9. The van der Waals surface area contributed by atoms with Gasteiger partial charge in [0.05, 0.1) is 18.2 Å². The van der Waals surface area contributed by atoms with Gasteiger partial charge in [0.25, 0.3) is 0 Å². The van der Waals surface area contributed by atoms with Gasteiger partial charge in [-0.25, -0.2) is 4.79 Å². The van der Waals surface area contributed by atoms with Gasteiger partial charge in [0.1, 0.15) is 0 Å². The number of hydrogen-bond donors (Lipinski definition) is 0. The van der Waals surface area contributed by atoms with E-state index in [1.165, 1.54) is 24.1 Å². The number of esters is 1. The topological polar surface area (TPSA) is 46.6 Å². The molecule has 1 aliphatic rings. The lowest BCUT2D eigenvalue weighted by Gasteiger charge is -2.32. The van der Waals surface area contributed by atoms with E-state index >= 15 is 0 Å². The number of benzene rings is 1. The van der Waals surface area contributed by atoms with Crippen molar-refractivity contribution < 1.29 is 27.5 Å². The van der Waals surface area contributed by atoms with Crippen LogP contribution in [0.1, 0.15) is 30.4 Å². The van der Waals surface area contributed by atoms with Crippen LogP contribution in [0, 0.1) is 0 Å². The van der Waals surface area contributed by atoms with Crippen LogP contribution in [0.25, 0.3) is 0 Å². The summed E-state index contributed by atoms with van der Waals surface area (Å²) in [6.45, 7) is 1.61. The highest BCUT2D eigenvalue weighted by molar-refractivity contribution is 5.95. The number of halogens is 3. The van der Waals surface area contributed by atoms with E-state index in [1.54, 1.807) is 14.0 Å². The zero-order chi connectivity index (χ0) is 17.4. The smallest absolute Gasteiger partial charge is 0.416 e. The van der Waals surface area contributed by atoms with Crippen LogP contribution in [0.2, 0.25) is 0 Å². The monoisotopic (exact) mass is 327 g/mol. The van der Waals surface area contributed by atoms with Gasteiger partial charge >= 0.3 is 12.1 Å². The van der Waals surface area contributed by atoms with Crippen molar-refractivity contribution in [2.45, 2.75) is 25.4 Å². The number of amides is 1. The molecular weight excluding hydrogens is 311 g/mol. The first-order valence-electron chi connectivity index (χ1n) is 6.89. The van der Waals surface area contributed by atoms with E-state index in [0.29, 0.717) is 11.3 Å². The second kappa shape index (κ2) is 6.06. The van der Waals surface area contributed by atoms with Gasteiger partial charge in [-0.1, -0.05) is 12.1 Å². The number of allylic oxidation sites excluding steroid dienone is 1. The third-order valence-electron chi connectivity index (χ3n) is 4.04. The average molecular weight is 327 g/mol. The van der Waals surface area contributed by atoms with Crippen molar-refractivity contribution in [3.8, 4) is 0 Å². The number of nitrogens with zero attached hydrogens (tertiary/aromatic N) is 1. The Labute approximate surface area is 131 Å². The Kier molecular flexibility index (Phi) is 4.49. The highest BCUT2D eigenvalue weighted by Gasteiger charge is 2.36. The molecule has 0 saturated carbocycles. The summed E-state index contributed by atoms with van der Waals surface area (Å²) >= 11 is 0. The largest absolute Gasteiger partial charge is 0.466 e. The molecule has 0 bridgehead atoms. The van der Waals surface area contributed by atoms with E-state index < -0.39 is 23.6 Å². The van der Waals surface area contributed by atoms with Crippen molar-refractivity contribution in [1.29, 1.82) is 0 Å². The molecular formula is C16H16F3NO3. The summed E-state index contributed by atoms with van der Waals surface area (Å²) in [6, 6.07) is 4.48. The Morgan fingerprint density at radius 3 is 2.30 bits per heavy atom. The molecule has 0 unspecified atom stereocenters. The SMILES string of the molecule is COC(=O)C1=C(C)N(C)C(=O)C[C@H]1c1ccc(C(F)(F)F)cc1. The molecule has 0 aliphatic carbocycles. The van der Waals surface area contributed by atoms with Crippen LogP contribution in [0.4, 0.5) is 13.2 Å². The molecule has 1 heterocycles. The lowest BCUT2D eigenvalue weighted by atomic mass is 9.83. The summed E-state index contributed by atoms with van der Waals surface area (Å²) in [7, 11) is 2.77. The third kappa shape index (κ3) is 3.23. The first-order valence-corrected chi connectivity index (χ1v) is 6.89. The molecule has 7 heteroatoms. The maximum Gasteiger partial charge on any atom is 0.416 e. The van der Waals surface area contributed by atoms with Gasteiger partial charge in [-0.3, -0.25) is 4.79 Å². The Balaban J connectivity index is 2.47. The second-order valence-electron chi connectivity index (χ2n) is 5.32. The van der Waals surface area contributed by atoms with E-state index in [2.05, 4.69) is 0 Å². The molecule has 0 saturated heterocycles. The quantitative estimate of drug-likeness (QED) is 0.784. The number of carbonyl (C=O) groups is 2. The number of hydrogen-bond acceptors (Lipinski definition) is 3. The Hall–Kier alpha value is -2.31. The van der Waals surface area contributed by atoms with Gasteiger partial charge in [0, 0.05) is 25.1 Å². The maximum atomic E-state index is 12.7. The number of carbonyl (C=O) groups excluding carboxylic acids is 2. The summed E-state index contributed by atoms with van der Waals surface area (Å²) in [5.74, 6) is -1.42. The lowest BCUT2D eigenvalue weighted by molar-refractivity contribution is -0.138. The molecule has 1 atom stereocenters. The lowest BCUT2D eigenvalue weighted by Crippen LogP contribution is -2.35. The molecule has 2 rings (SSSR count). The van der Waals surface area contributed by atoms with Crippen LogP contribution in [-0.2, 0) is 20.5 Å². The molecule has 0 N–H and O–H groups in total. The minimum Gasteiger partial charge on any atom is -0.466 e. The Bertz CT molecular complexity index is 662. The Morgan fingerprint density at radius 1 is 1.26 bits per heavy atom. The van der Waals surface area contributed by atoms with Gasteiger partial charge in [-0.2, -0.15) is 13.2 Å². The zero-order valence-corrected chi connectivity index (χ0v) is 12.9. The van der Waals surface area contributed by atoms with Crippen LogP contribution >= 0.6 is 0 Å². The highest BCUT2D eigenvalue weighted by Crippen LogP contribution is 2.37. The summed E-state index contributed by atoms with van der Waals surface area (Å²) in [4.78, 5) is 25.4. The second-order valence-corrected chi connectivity index (χ2v) is 5.32. The third-order valence-corrected chi connectivity index (χ3v) is 4.04. The van der Waals surface area contributed by atoms with Gasteiger partial charge in [-0.05, 0) is 24.6 Å². The number of rotatable bonds is 2. The minimum atomic E-state index is -4.43. The molecule has 0 aromatic heterocycles. The summed E-state index contributed by atoms with van der Waals surface area (Å²) in [6.07, 6.45) is -4.43. The highest BCUT2D eigenvalue weighted by atomic mass is 19.4. The van der Waals surface area contributed by atoms with E-state index in [4.69, 9.17) is 4.74 Å². The molecule has 4 nitrogen and oxygen atoms in total. The minimum absolute atomic E-state index is 0.00361. The number of alkyl halides is 3. The van der Waals surface area contributed by atoms with Crippen molar-refractivity contribution in [1.82, 2.24) is 4.90 Å². The van der Waals surface area contributed by atoms with E-state index in [1.807, 2.05) is 0 Å².